The van der Waals surface area contributed by atoms with Crippen molar-refractivity contribution < 1.29 is 9.53 Å². The summed E-state index contributed by atoms with van der Waals surface area (Å²) in [5.41, 5.74) is 2.07. The molecule has 2 heterocycles. The van der Waals surface area contributed by atoms with Crippen LogP contribution in [-0.4, -0.2) is 22.3 Å². The first-order valence-electron chi connectivity index (χ1n) is 8.79. The van der Waals surface area contributed by atoms with Crippen LogP contribution in [-0.2, 0) is 19.6 Å². The van der Waals surface area contributed by atoms with Crippen LogP contribution in [0.15, 0.2) is 60.7 Å². The van der Waals surface area contributed by atoms with Crippen LogP contribution in [0.3, 0.4) is 0 Å². The number of carbonyl (C=O) groups excluding carboxylic acids is 1. The third kappa shape index (κ3) is 3.78. The van der Waals surface area contributed by atoms with Crippen molar-refractivity contribution in [2.24, 2.45) is 0 Å². The molecule has 4 rings (SSSR count). The first kappa shape index (κ1) is 16.8. The van der Waals surface area contributed by atoms with Gasteiger partial charge in [-0.15, -0.1) is 11.3 Å². The largest absolute Gasteiger partial charge is 0.486 e. The van der Waals surface area contributed by atoms with Gasteiger partial charge in [0, 0.05) is 13.1 Å². The fourth-order valence-electron chi connectivity index (χ4n) is 3.10. The zero-order chi connectivity index (χ0) is 17.8. The van der Waals surface area contributed by atoms with Crippen molar-refractivity contribution >= 4 is 17.2 Å². The predicted octanol–water partition coefficient (Wildman–Crippen LogP) is 4.31. The highest BCUT2D eigenvalue weighted by molar-refractivity contribution is 7.13. The van der Waals surface area contributed by atoms with Crippen LogP contribution in [0.1, 0.15) is 32.4 Å². The van der Waals surface area contributed by atoms with Crippen LogP contribution in [0.4, 0.5) is 0 Å². The maximum Gasteiger partial charge on any atom is 0.266 e. The summed E-state index contributed by atoms with van der Waals surface area (Å²) < 4.78 is 5.78. The van der Waals surface area contributed by atoms with Gasteiger partial charge in [0.25, 0.3) is 5.91 Å². The lowest BCUT2D eigenvalue weighted by molar-refractivity contribution is 0.0753. The van der Waals surface area contributed by atoms with Crippen molar-refractivity contribution in [3.8, 4) is 5.75 Å². The summed E-state index contributed by atoms with van der Waals surface area (Å²) in [6.45, 7) is 1.81. The van der Waals surface area contributed by atoms with Gasteiger partial charge in [-0.3, -0.25) is 4.79 Å². The predicted molar refractivity (Wildman–Crippen MR) is 102 cm³/mol. The number of thiazole rings is 1. The van der Waals surface area contributed by atoms with Crippen LogP contribution in [0.2, 0.25) is 0 Å². The molecule has 26 heavy (non-hydrogen) atoms. The Hall–Kier alpha value is -2.66. The van der Waals surface area contributed by atoms with E-state index >= 15 is 0 Å². The lowest BCUT2D eigenvalue weighted by Gasteiger charge is -2.20. The SMILES string of the molecule is O=C1c2sc(COc3ccccc3)nc2CCCN1Cc1ccccc1. The number of aromatic nitrogens is 1. The maximum absolute atomic E-state index is 13.0. The van der Waals surface area contributed by atoms with Gasteiger partial charge in [-0.05, 0) is 30.5 Å². The van der Waals surface area contributed by atoms with Gasteiger partial charge in [0.1, 0.15) is 22.2 Å². The fraction of sp³-hybridized carbons (Fsp3) is 0.238. The Kier molecular flexibility index (Phi) is 4.97. The first-order chi connectivity index (χ1) is 12.8. The van der Waals surface area contributed by atoms with Crippen LogP contribution in [0.25, 0.3) is 0 Å². The topological polar surface area (TPSA) is 42.4 Å². The molecule has 1 aromatic heterocycles. The standard InChI is InChI=1S/C21H20N2O2S/c24-21-20-18(12-7-13-23(21)14-16-8-3-1-4-9-16)22-19(26-20)15-25-17-10-5-2-6-11-17/h1-6,8-11H,7,12-15H2. The molecule has 132 valence electrons. The van der Waals surface area contributed by atoms with Crippen LogP contribution in [0.5, 0.6) is 5.75 Å². The van der Waals surface area contributed by atoms with Crippen molar-refractivity contribution in [1.82, 2.24) is 9.88 Å². The number of aryl methyl sites for hydroxylation is 1. The maximum atomic E-state index is 13.0. The molecular weight excluding hydrogens is 344 g/mol. The zero-order valence-corrected chi connectivity index (χ0v) is 15.2. The Labute approximate surface area is 157 Å². The number of para-hydroxylation sites is 1. The van der Waals surface area contributed by atoms with E-state index < -0.39 is 0 Å². The molecule has 2 aromatic carbocycles. The van der Waals surface area contributed by atoms with E-state index in [1.54, 1.807) is 0 Å². The summed E-state index contributed by atoms with van der Waals surface area (Å²) in [6.07, 6.45) is 1.78. The quantitative estimate of drug-likeness (QED) is 0.677. The summed E-state index contributed by atoms with van der Waals surface area (Å²) in [7, 11) is 0. The minimum atomic E-state index is 0.0878. The van der Waals surface area contributed by atoms with Crippen molar-refractivity contribution in [3.63, 3.8) is 0 Å². The molecule has 0 radical (unpaired) electrons. The summed E-state index contributed by atoms with van der Waals surface area (Å²) in [4.78, 5) is 20.3. The molecule has 0 saturated carbocycles. The average molecular weight is 364 g/mol. The molecule has 0 bridgehead atoms. The van der Waals surface area contributed by atoms with Gasteiger partial charge in [0.2, 0.25) is 0 Å². The van der Waals surface area contributed by atoms with Crippen LogP contribution < -0.4 is 4.74 Å². The zero-order valence-electron chi connectivity index (χ0n) is 14.4. The monoisotopic (exact) mass is 364 g/mol. The Morgan fingerprint density at radius 2 is 1.77 bits per heavy atom. The second-order valence-electron chi connectivity index (χ2n) is 6.30. The van der Waals surface area contributed by atoms with Gasteiger partial charge < -0.3 is 9.64 Å². The molecule has 0 N–H and O–H groups in total. The lowest BCUT2D eigenvalue weighted by Crippen LogP contribution is -2.29. The van der Waals surface area contributed by atoms with Crippen molar-refractivity contribution in [1.29, 1.82) is 0 Å². The van der Waals surface area contributed by atoms with Gasteiger partial charge in [0.15, 0.2) is 0 Å². The molecule has 0 atom stereocenters. The minimum absolute atomic E-state index is 0.0878. The molecule has 5 heteroatoms. The number of hydrogen-bond donors (Lipinski definition) is 0. The van der Waals surface area contributed by atoms with Crippen LogP contribution >= 0.6 is 11.3 Å². The first-order valence-corrected chi connectivity index (χ1v) is 9.61. The number of fused-ring (bicyclic) bond motifs is 1. The second-order valence-corrected chi connectivity index (χ2v) is 7.38. The van der Waals surface area contributed by atoms with Gasteiger partial charge in [0.05, 0.1) is 5.69 Å². The number of hydrogen-bond acceptors (Lipinski definition) is 4. The van der Waals surface area contributed by atoms with E-state index in [1.807, 2.05) is 53.4 Å². The van der Waals surface area contributed by atoms with E-state index in [9.17, 15) is 4.79 Å². The smallest absolute Gasteiger partial charge is 0.266 e. The van der Waals surface area contributed by atoms with Gasteiger partial charge in [-0.25, -0.2) is 4.98 Å². The fourth-order valence-corrected chi connectivity index (χ4v) is 4.09. The molecule has 4 nitrogen and oxygen atoms in total. The number of carbonyl (C=O) groups is 1. The lowest BCUT2D eigenvalue weighted by atomic mass is 10.2. The van der Waals surface area contributed by atoms with E-state index in [2.05, 4.69) is 17.1 Å². The Morgan fingerprint density at radius 1 is 1.04 bits per heavy atom. The molecule has 0 unspecified atom stereocenters. The number of nitrogens with zero attached hydrogens (tertiary/aromatic N) is 2. The van der Waals surface area contributed by atoms with Gasteiger partial charge >= 0.3 is 0 Å². The molecule has 0 aliphatic carbocycles. The average Bonchev–Trinajstić information content (AvgIpc) is 3.04. The van der Waals surface area contributed by atoms with Crippen molar-refractivity contribution in [3.05, 3.63) is 81.8 Å². The second kappa shape index (κ2) is 7.70. The highest BCUT2D eigenvalue weighted by Gasteiger charge is 2.26. The highest BCUT2D eigenvalue weighted by Crippen LogP contribution is 2.26. The summed E-state index contributed by atoms with van der Waals surface area (Å²) >= 11 is 1.46. The summed E-state index contributed by atoms with van der Waals surface area (Å²) in [6, 6.07) is 19.8. The summed E-state index contributed by atoms with van der Waals surface area (Å²) in [5.74, 6) is 0.903. The molecule has 3 aromatic rings. The number of ether oxygens (including phenoxy) is 1. The van der Waals surface area contributed by atoms with E-state index in [0.29, 0.717) is 13.2 Å². The van der Waals surface area contributed by atoms with E-state index in [-0.39, 0.29) is 5.91 Å². The third-order valence-electron chi connectivity index (χ3n) is 4.39. The van der Waals surface area contributed by atoms with E-state index in [0.717, 1.165) is 46.3 Å². The Bertz CT molecular complexity index is 878. The Morgan fingerprint density at radius 3 is 2.54 bits per heavy atom. The molecule has 1 aliphatic rings. The van der Waals surface area contributed by atoms with Crippen molar-refractivity contribution in [2.45, 2.75) is 26.0 Å². The normalized spacial score (nSPS) is 14.0. The van der Waals surface area contributed by atoms with E-state index in [4.69, 9.17) is 4.74 Å². The third-order valence-corrected chi connectivity index (χ3v) is 5.45. The minimum Gasteiger partial charge on any atom is -0.486 e. The molecule has 0 spiro atoms. The molecule has 1 amide bonds. The molecule has 1 aliphatic heterocycles. The van der Waals surface area contributed by atoms with Crippen LogP contribution in [0, 0.1) is 0 Å². The Balaban J connectivity index is 1.48. The molecule has 0 fully saturated rings. The number of amides is 1. The summed E-state index contributed by atoms with van der Waals surface area (Å²) in [5, 5.41) is 0.855. The van der Waals surface area contributed by atoms with Gasteiger partial charge in [-0.1, -0.05) is 48.5 Å². The number of rotatable bonds is 5. The van der Waals surface area contributed by atoms with Gasteiger partial charge in [-0.2, -0.15) is 0 Å². The molecule has 0 saturated heterocycles. The molecular formula is C21H20N2O2S. The number of benzene rings is 2. The van der Waals surface area contributed by atoms with Crippen molar-refractivity contribution in [2.75, 3.05) is 6.54 Å². The highest BCUT2D eigenvalue weighted by atomic mass is 32.1. The van der Waals surface area contributed by atoms with E-state index in [1.165, 1.54) is 11.3 Å².